The zero-order valence-electron chi connectivity index (χ0n) is 32.7. The average molecular weight is 707 g/mol. The fourth-order valence-corrected chi connectivity index (χ4v) is 4.38. The number of carbonyl (C=O) groups excluding carboxylic acids is 5. The SMILES string of the molecule is C/C=C\c1cc(CC(N)C(=O)NCCCCC(C)NC(=O)NC(CCC(=O)OC(C)(C)C)C(=O)OC)ccc1CC.CC.CC(C)(C)OC=O. The van der Waals surface area contributed by atoms with Crippen LogP contribution in [0.15, 0.2) is 24.3 Å². The van der Waals surface area contributed by atoms with E-state index in [0.717, 1.165) is 30.4 Å². The normalized spacial score (nSPS) is 12.8. The zero-order valence-corrected chi connectivity index (χ0v) is 32.7. The summed E-state index contributed by atoms with van der Waals surface area (Å²) in [5, 5.41) is 8.27. The molecule has 0 saturated carbocycles. The van der Waals surface area contributed by atoms with E-state index in [-0.39, 0.29) is 30.4 Å². The number of nitrogens with two attached hydrogens (primary N) is 1. The first kappa shape index (κ1) is 48.2. The largest absolute Gasteiger partial charge is 0.467 e. The van der Waals surface area contributed by atoms with Gasteiger partial charge in [0.05, 0.1) is 13.2 Å². The highest BCUT2D eigenvalue weighted by Crippen LogP contribution is 2.16. The van der Waals surface area contributed by atoms with E-state index < -0.39 is 35.7 Å². The summed E-state index contributed by atoms with van der Waals surface area (Å²) in [4.78, 5) is 58.6. The third-order valence-corrected chi connectivity index (χ3v) is 6.72. The van der Waals surface area contributed by atoms with Crippen molar-refractivity contribution in [3.8, 4) is 0 Å². The summed E-state index contributed by atoms with van der Waals surface area (Å²) in [6, 6.07) is 3.89. The summed E-state index contributed by atoms with van der Waals surface area (Å²) in [6.07, 6.45) is 7.66. The van der Waals surface area contributed by atoms with Crippen molar-refractivity contribution in [2.45, 2.75) is 150 Å². The molecule has 50 heavy (non-hydrogen) atoms. The van der Waals surface area contributed by atoms with Crippen LogP contribution in [0.25, 0.3) is 6.08 Å². The maximum Gasteiger partial charge on any atom is 0.328 e. The van der Waals surface area contributed by atoms with Crippen molar-refractivity contribution in [2.24, 2.45) is 5.73 Å². The topological polar surface area (TPSA) is 175 Å². The minimum atomic E-state index is -0.974. The van der Waals surface area contributed by atoms with Gasteiger partial charge < -0.3 is 35.9 Å². The second kappa shape index (κ2) is 26.0. The Balaban J connectivity index is 0. The Morgan fingerprint density at radius 2 is 1.60 bits per heavy atom. The lowest BCUT2D eigenvalue weighted by Gasteiger charge is -2.21. The predicted octanol–water partition coefficient (Wildman–Crippen LogP) is 5.77. The van der Waals surface area contributed by atoms with Gasteiger partial charge in [-0.05, 0) is 111 Å². The summed E-state index contributed by atoms with van der Waals surface area (Å²) < 4.78 is 14.6. The molecular weight excluding hydrogens is 640 g/mol. The molecule has 0 spiro atoms. The van der Waals surface area contributed by atoms with E-state index >= 15 is 0 Å². The first-order valence-corrected chi connectivity index (χ1v) is 17.6. The molecule has 12 nitrogen and oxygen atoms in total. The molecule has 0 aliphatic carbocycles. The molecule has 0 radical (unpaired) electrons. The van der Waals surface area contributed by atoms with Crippen LogP contribution in [0.1, 0.15) is 125 Å². The predicted molar refractivity (Wildman–Crippen MR) is 199 cm³/mol. The number of unbranched alkanes of at least 4 members (excludes halogenated alkanes) is 1. The molecule has 1 aromatic carbocycles. The number of hydrogen-bond donors (Lipinski definition) is 4. The van der Waals surface area contributed by atoms with Crippen LogP contribution < -0.4 is 21.7 Å². The molecule has 5 N–H and O–H groups in total. The van der Waals surface area contributed by atoms with Crippen LogP contribution in [0.4, 0.5) is 4.79 Å². The van der Waals surface area contributed by atoms with Crippen molar-refractivity contribution in [3.63, 3.8) is 0 Å². The van der Waals surface area contributed by atoms with E-state index in [9.17, 15) is 24.0 Å². The fourth-order valence-electron chi connectivity index (χ4n) is 4.38. The maximum atomic E-state index is 12.5. The number of allylic oxidation sites excluding steroid dienone is 1. The zero-order chi connectivity index (χ0) is 38.9. The summed E-state index contributed by atoms with van der Waals surface area (Å²) in [5.74, 6) is -1.29. The van der Waals surface area contributed by atoms with Gasteiger partial charge in [0.15, 0.2) is 0 Å². The van der Waals surface area contributed by atoms with E-state index in [1.54, 1.807) is 20.8 Å². The average Bonchev–Trinajstić information content (AvgIpc) is 3.02. The van der Waals surface area contributed by atoms with Gasteiger partial charge >= 0.3 is 18.0 Å². The summed E-state index contributed by atoms with van der Waals surface area (Å²) >= 11 is 0. The van der Waals surface area contributed by atoms with Gasteiger partial charge in [0.2, 0.25) is 5.91 Å². The van der Waals surface area contributed by atoms with E-state index in [1.807, 2.05) is 60.6 Å². The number of methoxy groups -OCH3 is 1. The molecule has 0 fully saturated rings. The number of carbonyl (C=O) groups is 5. The van der Waals surface area contributed by atoms with Crippen molar-refractivity contribution in [1.82, 2.24) is 16.0 Å². The Bertz CT molecular complexity index is 1190. The Labute approximate surface area is 301 Å². The Kier molecular flexibility index (Phi) is 25.0. The van der Waals surface area contributed by atoms with Crippen molar-refractivity contribution in [2.75, 3.05) is 13.7 Å². The molecule has 1 aromatic rings. The number of esters is 2. The monoisotopic (exact) mass is 706 g/mol. The number of rotatable bonds is 17. The fraction of sp³-hybridized carbons (Fsp3) is 0.658. The number of benzene rings is 1. The number of nitrogens with one attached hydrogen (secondary N) is 3. The van der Waals surface area contributed by atoms with Crippen LogP contribution in [0.3, 0.4) is 0 Å². The molecule has 0 aliphatic heterocycles. The van der Waals surface area contributed by atoms with Crippen LogP contribution in [0.2, 0.25) is 0 Å². The third kappa shape index (κ3) is 24.2. The molecule has 286 valence electrons. The first-order valence-electron chi connectivity index (χ1n) is 17.6. The van der Waals surface area contributed by atoms with E-state index in [0.29, 0.717) is 25.9 Å². The third-order valence-electron chi connectivity index (χ3n) is 6.72. The lowest BCUT2D eigenvalue weighted by atomic mass is 9.98. The summed E-state index contributed by atoms with van der Waals surface area (Å²) in [5.41, 5.74) is 8.63. The number of amides is 3. The Morgan fingerprint density at radius 1 is 0.960 bits per heavy atom. The molecule has 0 aromatic heterocycles. The molecule has 3 unspecified atom stereocenters. The molecule has 3 amide bonds. The van der Waals surface area contributed by atoms with Crippen LogP contribution in [0.5, 0.6) is 0 Å². The van der Waals surface area contributed by atoms with E-state index in [4.69, 9.17) is 15.2 Å². The molecule has 12 heteroatoms. The van der Waals surface area contributed by atoms with Gasteiger partial charge in [-0.2, -0.15) is 0 Å². The van der Waals surface area contributed by atoms with Gasteiger partial charge in [0.25, 0.3) is 6.47 Å². The highest BCUT2D eigenvalue weighted by atomic mass is 16.6. The van der Waals surface area contributed by atoms with Gasteiger partial charge in [-0.1, -0.05) is 51.1 Å². The molecule has 3 atom stereocenters. The van der Waals surface area contributed by atoms with E-state index in [2.05, 4.69) is 45.8 Å². The molecular formula is C38H66N4O8. The highest BCUT2D eigenvalue weighted by Gasteiger charge is 2.25. The second-order valence-corrected chi connectivity index (χ2v) is 13.5. The Hall–Kier alpha value is -3.93. The van der Waals surface area contributed by atoms with Gasteiger partial charge in [0, 0.05) is 19.0 Å². The lowest BCUT2D eigenvalue weighted by Crippen LogP contribution is -2.49. The minimum Gasteiger partial charge on any atom is -0.467 e. The molecule has 0 saturated heterocycles. The van der Waals surface area contributed by atoms with Gasteiger partial charge in [0.1, 0.15) is 17.2 Å². The number of urea groups is 1. The van der Waals surface area contributed by atoms with Crippen LogP contribution in [-0.2, 0) is 46.2 Å². The van der Waals surface area contributed by atoms with Crippen molar-refractivity contribution in [1.29, 1.82) is 0 Å². The standard InChI is InChI=1S/C31H50N4O6.C5H10O2.C2H6/c1-8-12-24-19-22(14-15-23(24)9-2)20-25(32)28(37)33-18-11-10-13-21(3)34-30(39)35-26(29(38)40-7)16-17-27(36)41-31(4,5)6;1-5(2,3)7-4-6;1-2/h8,12,14-15,19,21,25-26H,9-11,13,16-18,20,32H2,1-7H3,(H,33,37)(H2,34,35,39);4H,1-3H3;1-2H3/b12-8-;;. The van der Waals surface area contributed by atoms with Crippen molar-refractivity contribution >= 4 is 36.4 Å². The van der Waals surface area contributed by atoms with Crippen molar-refractivity contribution < 1.29 is 38.2 Å². The number of hydrogen-bond acceptors (Lipinski definition) is 9. The molecule has 0 heterocycles. The molecule has 1 rings (SSSR count). The van der Waals surface area contributed by atoms with Gasteiger partial charge in [-0.25, -0.2) is 9.59 Å². The quantitative estimate of drug-likeness (QED) is 0.0678. The van der Waals surface area contributed by atoms with Crippen LogP contribution in [0, 0.1) is 0 Å². The second-order valence-electron chi connectivity index (χ2n) is 13.5. The number of aryl methyl sites for hydroxylation is 1. The van der Waals surface area contributed by atoms with Crippen LogP contribution in [-0.4, -0.2) is 73.3 Å². The highest BCUT2D eigenvalue weighted by molar-refractivity contribution is 5.84. The Morgan fingerprint density at radius 3 is 2.10 bits per heavy atom. The van der Waals surface area contributed by atoms with E-state index in [1.165, 1.54) is 12.7 Å². The van der Waals surface area contributed by atoms with Crippen LogP contribution >= 0.6 is 0 Å². The summed E-state index contributed by atoms with van der Waals surface area (Å²) in [7, 11) is 1.22. The first-order chi connectivity index (χ1) is 23.3. The lowest BCUT2D eigenvalue weighted by molar-refractivity contribution is -0.155. The molecule has 0 aliphatic rings. The maximum absolute atomic E-state index is 12.5. The smallest absolute Gasteiger partial charge is 0.328 e. The molecule has 0 bridgehead atoms. The number of ether oxygens (including phenoxy) is 3. The summed E-state index contributed by atoms with van der Waals surface area (Å²) in [6.45, 7) is 21.6. The minimum absolute atomic E-state index is 0.0371. The van der Waals surface area contributed by atoms with Gasteiger partial charge in [-0.3, -0.25) is 14.4 Å². The van der Waals surface area contributed by atoms with Crippen molar-refractivity contribution in [3.05, 3.63) is 41.0 Å². The van der Waals surface area contributed by atoms with Gasteiger partial charge in [-0.15, -0.1) is 0 Å².